The van der Waals surface area contributed by atoms with Gasteiger partial charge >= 0.3 is 0 Å². The van der Waals surface area contributed by atoms with E-state index >= 15 is 0 Å². The van der Waals surface area contributed by atoms with E-state index in [0.29, 0.717) is 13.1 Å². The van der Waals surface area contributed by atoms with E-state index in [0.717, 1.165) is 20.0 Å². The number of nitrogens with one attached hydrogen (secondary N) is 2. The lowest BCUT2D eigenvalue weighted by atomic mass is 10.2. The van der Waals surface area contributed by atoms with Gasteiger partial charge in [0.2, 0.25) is 10.0 Å². The fourth-order valence-electron chi connectivity index (χ4n) is 1.69. The first-order valence-corrected chi connectivity index (χ1v) is 8.66. The Morgan fingerprint density at radius 3 is 2.74 bits per heavy atom. The van der Waals surface area contributed by atoms with Gasteiger partial charge in [-0.2, -0.15) is 0 Å². The standard InChI is InChI=1S/C12H15ClN2O2S2/c1-14-19(16,17)7-6-15-8-11-12(13)9-4-2-3-5-10(9)18-11/h2-5,14-15H,6-8H2,1H3. The van der Waals surface area contributed by atoms with Crippen molar-refractivity contribution >= 4 is 43.0 Å². The summed E-state index contributed by atoms with van der Waals surface area (Å²) >= 11 is 7.92. The molecule has 2 aromatic rings. The molecule has 0 spiro atoms. The zero-order valence-electron chi connectivity index (χ0n) is 10.4. The Morgan fingerprint density at radius 1 is 1.32 bits per heavy atom. The van der Waals surface area contributed by atoms with Gasteiger partial charge < -0.3 is 5.32 Å². The van der Waals surface area contributed by atoms with Crippen LogP contribution in [0.1, 0.15) is 4.88 Å². The number of rotatable bonds is 6. The molecular formula is C12H15ClN2O2S2. The second kappa shape index (κ2) is 6.19. The summed E-state index contributed by atoms with van der Waals surface area (Å²) in [5, 5.41) is 4.90. The number of thiophene rings is 1. The van der Waals surface area contributed by atoms with E-state index in [-0.39, 0.29) is 5.75 Å². The monoisotopic (exact) mass is 318 g/mol. The largest absolute Gasteiger partial charge is 0.311 e. The van der Waals surface area contributed by atoms with Gasteiger partial charge in [0.25, 0.3) is 0 Å². The molecule has 1 heterocycles. The van der Waals surface area contributed by atoms with Crippen LogP contribution in [0.15, 0.2) is 24.3 Å². The van der Waals surface area contributed by atoms with Crippen molar-refractivity contribution in [3.05, 3.63) is 34.2 Å². The third-order valence-corrected chi connectivity index (χ3v) is 5.82. The number of fused-ring (bicyclic) bond motifs is 1. The molecule has 0 aliphatic heterocycles. The Morgan fingerprint density at radius 2 is 2.05 bits per heavy atom. The van der Waals surface area contributed by atoms with Gasteiger partial charge in [0.15, 0.2) is 0 Å². The predicted molar refractivity (Wildman–Crippen MR) is 81.4 cm³/mol. The van der Waals surface area contributed by atoms with Crippen molar-refractivity contribution < 1.29 is 8.42 Å². The van der Waals surface area contributed by atoms with Crippen molar-refractivity contribution in [3.8, 4) is 0 Å². The molecule has 0 fully saturated rings. The van der Waals surface area contributed by atoms with Crippen LogP contribution in [-0.2, 0) is 16.6 Å². The molecule has 1 aromatic carbocycles. The van der Waals surface area contributed by atoms with Crippen molar-refractivity contribution in [2.45, 2.75) is 6.54 Å². The van der Waals surface area contributed by atoms with Gasteiger partial charge in [-0.15, -0.1) is 11.3 Å². The molecule has 0 amide bonds. The highest BCUT2D eigenvalue weighted by Gasteiger charge is 2.10. The Bertz CT molecular complexity index is 667. The zero-order chi connectivity index (χ0) is 13.9. The smallest absolute Gasteiger partial charge is 0.212 e. The predicted octanol–water partition coefficient (Wildman–Crippen LogP) is 2.19. The van der Waals surface area contributed by atoms with Crippen LogP contribution in [0.5, 0.6) is 0 Å². The van der Waals surface area contributed by atoms with Crippen molar-refractivity contribution in [2.24, 2.45) is 0 Å². The van der Waals surface area contributed by atoms with E-state index in [2.05, 4.69) is 10.0 Å². The highest BCUT2D eigenvalue weighted by atomic mass is 35.5. The minimum Gasteiger partial charge on any atom is -0.311 e. The van der Waals surface area contributed by atoms with Gasteiger partial charge in [-0.05, 0) is 13.1 Å². The molecule has 0 aliphatic carbocycles. The Balaban J connectivity index is 1.97. The average Bonchev–Trinajstić information content (AvgIpc) is 2.72. The quantitative estimate of drug-likeness (QED) is 0.803. The highest BCUT2D eigenvalue weighted by molar-refractivity contribution is 7.89. The lowest BCUT2D eigenvalue weighted by Crippen LogP contribution is -2.29. The summed E-state index contributed by atoms with van der Waals surface area (Å²) < 4.78 is 25.9. The van der Waals surface area contributed by atoms with Crippen molar-refractivity contribution in [2.75, 3.05) is 19.3 Å². The first-order chi connectivity index (χ1) is 9.03. The van der Waals surface area contributed by atoms with E-state index in [1.807, 2.05) is 24.3 Å². The number of halogens is 1. The van der Waals surface area contributed by atoms with E-state index in [4.69, 9.17) is 11.6 Å². The summed E-state index contributed by atoms with van der Waals surface area (Å²) in [4.78, 5) is 1.03. The lowest BCUT2D eigenvalue weighted by Gasteiger charge is -2.04. The summed E-state index contributed by atoms with van der Waals surface area (Å²) in [5.41, 5.74) is 0. The van der Waals surface area contributed by atoms with Crippen LogP contribution in [0.4, 0.5) is 0 Å². The molecule has 0 saturated carbocycles. The van der Waals surface area contributed by atoms with Crippen molar-refractivity contribution in [1.29, 1.82) is 0 Å². The van der Waals surface area contributed by atoms with Crippen LogP contribution in [0.3, 0.4) is 0 Å². The second-order valence-electron chi connectivity index (χ2n) is 4.04. The molecule has 0 unspecified atom stereocenters. The summed E-state index contributed by atoms with van der Waals surface area (Å²) in [6.45, 7) is 0.977. The SMILES string of the molecule is CNS(=O)(=O)CCNCc1sc2ccccc2c1Cl. The zero-order valence-corrected chi connectivity index (χ0v) is 12.8. The van der Waals surface area contributed by atoms with E-state index in [9.17, 15) is 8.42 Å². The molecule has 19 heavy (non-hydrogen) atoms. The van der Waals surface area contributed by atoms with Crippen molar-refractivity contribution in [1.82, 2.24) is 10.0 Å². The molecular weight excluding hydrogens is 304 g/mol. The van der Waals surface area contributed by atoms with Gasteiger partial charge in [0.05, 0.1) is 10.8 Å². The van der Waals surface area contributed by atoms with Crippen LogP contribution in [0.25, 0.3) is 10.1 Å². The van der Waals surface area contributed by atoms with E-state index in [1.165, 1.54) is 7.05 Å². The van der Waals surface area contributed by atoms with E-state index in [1.54, 1.807) is 11.3 Å². The third kappa shape index (κ3) is 3.67. The topological polar surface area (TPSA) is 58.2 Å². The first kappa shape index (κ1) is 14.7. The number of hydrogen-bond donors (Lipinski definition) is 2. The molecule has 2 N–H and O–H groups in total. The molecule has 0 radical (unpaired) electrons. The summed E-state index contributed by atoms with van der Waals surface area (Å²) in [5.74, 6) is 0.0615. The summed E-state index contributed by atoms with van der Waals surface area (Å²) in [6.07, 6.45) is 0. The fraction of sp³-hybridized carbons (Fsp3) is 0.333. The molecule has 4 nitrogen and oxygen atoms in total. The Labute approximate surface area is 121 Å². The second-order valence-corrected chi connectivity index (χ2v) is 7.60. The number of benzene rings is 1. The average molecular weight is 319 g/mol. The Hall–Kier alpha value is -0.660. The van der Waals surface area contributed by atoms with Gasteiger partial charge in [-0.25, -0.2) is 13.1 Å². The van der Waals surface area contributed by atoms with Crippen LogP contribution in [0, 0.1) is 0 Å². The number of hydrogen-bond acceptors (Lipinski definition) is 4. The molecule has 0 aliphatic rings. The van der Waals surface area contributed by atoms with Gasteiger partial charge in [0, 0.05) is 28.1 Å². The molecule has 1 aromatic heterocycles. The van der Waals surface area contributed by atoms with Gasteiger partial charge in [0.1, 0.15) is 0 Å². The highest BCUT2D eigenvalue weighted by Crippen LogP contribution is 2.34. The molecule has 0 atom stereocenters. The van der Waals surface area contributed by atoms with Gasteiger partial charge in [-0.3, -0.25) is 0 Å². The molecule has 7 heteroatoms. The fourth-order valence-corrected chi connectivity index (χ4v) is 3.78. The van der Waals surface area contributed by atoms with Crippen LogP contribution >= 0.6 is 22.9 Å². The molecule has 2 rings (SSSR count). The van der Waals surface area contributed by atoms with Crippen LogP contribution in [-0.4, -0.2) is 27.8 Å². The molecule has 104 valence electrons. The molecule has 0 bridgehead atoms. The first-order valence-electron chi connectivity index (χ1n) is 5.81. The summed E-state index contributed by atoms with van der Waals surface area (Å²) in [7, 11) is -1.74. The van der Waals surface area contributed by atoms with Gasteiger partial charge in [-0.1, -0.05) is 29.8 Å². The van der Waals surface area contributed by atoms with Crippen LogP contribution in [0.2, 0.25) is 5.02 Å². The maximum Gasteiger partial charge on any atom is 0.212 e. The third-order valence-electron chi connectivity index (χ3n) is 2.75. The summed E-state index contributed by atoms with van der Waals surface area (Å²) in [6, 6.07) is 7.95. The van der Waals surface area contributed by atoms with Crippen LogP contribution < -0.4 is 10.0 Å². The lowest BCUT2D eigenvalue weighted by molar-refractivity contribution is 0.583. The maximum absolute atomic E-state index is 11.2. The minimum atomic E-state index is -3.15. The van der Waals surface area contributed by atoms with Crippen molar-refractivity contribution in [3.63, 3.8) is 0 Å². The molecule has 0 saturated heterocycles. The van der Waals surface area contributed by atoms with E-state index < -0.39 is 10.0 Å². The Kier molecular flexibility index (Phi) is 4.81. The minimum absolute atomic E-state index is 0.0615. The normalized spacial score (nSPS) is 12.1. The number of sulfonamides is 1. The maximum atomic E-state index is 11.2.